The average molecular weight is 291 g/mol. The van der Waals surface area contributed by atoms with Crippen molar-refractivity contribution in [1.82, 2.24) is 0 Å². The van der Waals surface area contributed by atoms with Crippen LogP contribution in [0.4, 0.5) is 17.1 Å². The number of hydrogen-bond acceptors (Lipinski definition) is 3. The minimum atomic E-state index is -1.08. The van der Waals surface area contributed by atoms with E-state index in [4.69, 9.17) is 17.3 Å². The molecular weight excluding hydrogens is 276 g/mol. The quantitative estimate of drug-likeness (QED) is 0.747. The minimum Gasteiger partial charge on any atom is -0.478 e. The molecule has 104 valence electrons. The molecule has 0 radical (unpaired) electrons. The van der Waals surface area contributed by atoms with Gasteiger partial charge in [-0.3, -0.25) is 0 Å². The van der Waals surface area contributed by atoms with Crippen LogP contribution in [0.2, 0.25) is 5.02 Å². The molecule has 0 unspecified atom stereocenters. The van der Waals surface area contributed by atoms with E-state index in [9.17, 15) is 9.90 Å². The summed E-state index contributed by atoms with van der Waals surface area (Å²) >= 11 is 6.10. The van der Waals surface area contributed by atoms with Crippen molar-refractivity contribution in [2.75, 3.05) is 11.1 Å². The number of nitrogens with one attached hydrogen (secondary N) is 1. The van der Waals surface area contributed by atoms with E-state index >= 15 is 0 Å². The molecule has 5 heteroatoms. The van der Waals surface area contributed by atoms with Crippen LogP contribution in [0.5, 0.6) is 0 Å². The van der Waals surface area contributed by atoms with Crippen LogP contribution in [0.15, 0.2) is 30.3 Å². The van der Waals surface area contributed by atoms with Gasteiger partial charge in [-0.05, 0) is 49.2 Å². The second-order valence-corrected chi connectivity index (χ2v) is 5.14. The third-order valence-corrected chi connectivity index (χ3v) is 3.13. The topological polar surface area (TPSA) is 75.3 Å². The van der Waals surface area contributed by atoms with Crippen LogP contribution < -0.4 is 11.1 Å². The fraction of sp³-hybridized carbons (Fsp3) is 0.133. The maximum atomic E-state index is 11.3. The van der Waals surface area contributed by atoms with Gasteiger partial charge in [0.15, 0.2) is 0 Å². The molecule has 0 saturated carbocycles. The van der Waals surface area contributed by atoms with Crippen molar-refractivity contribution in [2.45, 2.75) is 13.8 Å². The lowest BCUT2D eigenvalue weighted by Gasteiger charge is -2.13. The molecular formula is C15H15ClN2O2. The molecule has 2 rings (SSSR count). The van der Waals surface area contributed by atoms with Crippen LogP contribution in [-0.2, 0) is 0 Å². The van der Waals surface area contributed by atoms with Gasteiger partial charge in [-0.1, -0.05) is 17.7 Å². The highest BCUT2D eigenvalue weighted by Gasteiger charge is 2.15. The fourth-order valence-corrected chi connectivity index (χ4v) is 2.39. The number of carboxylic acids is 1. The molecule has 4 N–H and O–H groups in total. The highest BCUT2D eigenvalue weighted by atomic mass is 35.5. The average Bonchev–Trinajstić information content (AvgIpc) is 2.30. The molecule has 0 atom stereocenters. The molecule has 2 aromatic carbocycles. The Morgan fingerprint density at radius 2 is 1.75 bits per heavy atom. The van der Waals surface area contributed by atoms with Gasteiger partial charge in [-0.2, -0.15) is 0 Å². The van der Waals surface area contributed by atoms with Crippen molar-refractivity contribution < 1.29 is 9.90 Å². The molecule has 2 aromatic rings. The van der Waals surface area contributed by atoms with Gasteiger partial charge in [0.1, 0.15) is 0 Å². The Balaban J connectivity index is 2.50. The highest BCUT2D eigenvalue weighted by Crippen LogP contribution is 2.32. The summed E-state index contributed by atoms with van der Waals surface area (Å²) in [4.78, 5) is 11.3. The first-order valence-corrected chi connectivity index (χ1v) is 6.42. The van der Waals surface area contributed by atoms with Crippen molar-refractivity contribution in [3.63, 3.8) is 0 Å². The molecule has 0 aliphatic rings. The number of anilines is 3. The lowest BCUT2D eigenvalue weighted by atomic mass is 10.1. The number of benzene rings is 2. The Morgan fingerprint density at radius 3 is 2.30 bits per heavy atom. The summed E-state index contributed by atoms with van der Waals surface area (Å²) in [6, 6.07) is 8.79. The third kappa shape index (κ3) is 3.03. The normalized spacial score (nSPS) is 10.3. The van der Waals surface area contributed by atoms with Gasteiger partial charge in [-0.15, -0.1) is 0 Å². The molecule has 0 bridgehead atoms. The molecule has 0 saturated heterocycles. The SMILES string of the molecule is Cc1cc(C)cc(Nc2c(Cl)cc(N)cc2C(=O)O)c1. The molecule has 0 aliphatic carbocycles. The number of carbonyl (C=O) groups is 1. The first-order chi connectivity index (χ1) is 9.36. The second kappa shape index (κ2) is 5.43. The predicted octanol–water partition coefficient (Wildman–Crippen LogP) is 3.98. The van der Waals surface area contributed by atoms with Crippen LogP contribution in [0.3, 0.4) is 0 Å². The first kappa shape index (κ1) is 14.2. The van der Waals surface area contributed by atoms with E-state index in [-0.39, 0.29) is 10.6 Å². The monoisotopic (exact) mass is 290 g/mol. The van der Waals surface area contributed by atoms with E-state index in [1.54, 1.807) is 0 Å². The Kier molecular flexibility index (Phi) is 3.86. The number of hydrogen-bond donors (Lipinski definition) is 3. The lowest BCUT2D eigenvalue weighted by molar-refractivity contribution is 0.0698. The summed E-state index contributed by atoms with van der Waals surface area (Å²) in [5.41, 5.74) is 9.29. The summed E-state index contributed by atoms with van der Waals surface area (Å²) in [5.74, 6) is -1.08. The summed E-state index contributed by atoms with van der Waals surface area (Å²) in [6.07, 6.45) is 0. The van der Waals surface area contributed by atoms with Crippen molar-refractivity contribution in [2.24, 2.45) is 0 Å². The molecule has 0 fully saturated rings. The molecule has 0 spiro atoms. The fourth-order valence-electron chi connectivity index (χ4n) is 2.11. The number of aryl methyl sites for hydroxylation is 2. The van der Waals surface area contributed by atoms with E-state index < -0.39 is 5.97 Å². The van der Waals surface area contributed by atoms with Crippen LogP contribution in [0, 0.1) is 13.8 Å². The lowest BCUT2D eigenvalue weighted by Crippen LogP contribution is -2.05. The predicted molar refractivity (Wildman–Crippen MR) is 82.0 cm³/mol. The smallest absolute Gasteiger partial charge is 0.337 e. The second-order valence-electron chi connectivity index (χ2n) is 4.73. The van der Waals surface area contributed by atoms with Crippen molar-refractivity contribution in [3.05, 3.63) is 52.0 Å². The number of carboxylic acid groups (broad SMARTS) is 1. The number of aromatic carboxylic acids is 1. The molecule has 4 nitrogen and oxygen atoms in total. The van der Waals surface area contributed by atoms with Crippen molar-refractivity contribution in [3.8, 4) is 0 Å². The Hall–Kier alpha value is -2.20. The van der Waals surface area contributed by atoms with E-state index in [0.29, 0.717) is 11.4 Å². The summed E-state index contributed by atoms with van der Waals surface area (Å²) in [5, 5.41) is 12.6. The molecule has 0 aromatic heterocycles. The maximum Gasteiger partial charge on any atom is 0.337 e. The van der Waals surface area contributed by atoms with Gasteiger partial charge in [0, 0.05) is 11.4 Å². The number of halogens is 1. The minimum absolute atomic E-state index is 0.0501. The number of nitrogen functional groups attached to an aromatic ring is 1. The van der Waals surface area contributed by atoms with Crippen LogP contribution in [-0.4, -0.2) is 11.1 Å². The zero-order valence-electron chi connectivity index (χ0n) is 11.2. The van der Waals surface area contributed by atoms with E-state index in [0.717, 1.165) is 16.8 Å². The Labute approximate surface area is 122 Å². The summed E-state index contributed by atoms with van der Waals surface area (Å²) < 4.78 is 0. The van der Waals surface area contributed by atoms with Crippen LogP contribution in [0.25, 0.3) is 0 Å². The van der Waals surface area contributed by atoms with Gasteiger partial charge in [0.2, 0.25) is 0 Å². The van der Waals surface area contributed by atoms with Crippen LogP contribution >= 0.6 is 11.6 Å². The maximum absolute atomic E-state index is 11.3. The Morgan fingerprint density at radius 1 is 1.15 bits per heavy atom. The van der Waals surface area contributed by atoms with E-state index in [1.807, 2.05) is 32.0 Å². The van der Waals surface area contributed by atoms with Gasteiger partial charge >= 0.3 is 5.97 Å². The van der Waals surface area contributed by atoms with Crippen molar-refractivity contribution in [1.29, 1.82) is 0 Å². The van der Waals surface area contributed by atoms with E-state index in [1.165, 1.54) is 12.1 Å². The number of nitrogens with two attached hydrogens (primary N) is 1. The Bertz CT molecular complexity index is 664. The van der Waals surface area contributed by atoms with E-state index in [2.05, 4.69) is 5.32 Å². The summed E-state index contributed by atoms with van der Waals surface area (Å²) in [7, 11) is 0. The molecule has 0 aliphatic heterocycles. The molecule has 0 heterocycles. The number of rotatable bonds is 3. The van der Waals surface area contributed by atoms with Gasteiger partial charge in [0.25, 0.3) is 0 Å². The highest BCUT2D eigenvalue weighted by molar-refractivity contribution is 6.34. The third-order valence-electron chi connectivity index (χ3n) is 2.83. The first-order valence-electron chi connectivity index (χ1n) is 6.04. The summed E-state index contributed by atoms with van der Waals surface area (Å²) in [6.45, 7) is 3.95. The van der Waals surface area contributed by atoms with Gasteiger partial charge < -0.3 is 16.2 Å². The van der Waals surface area contributed by atoms with Gasteiger partial charge in [0.05, 0.1) is 16.3 Å². The largest absolute Gasteiger partial charge is 0.478 e. The zero-order valence-corrected chi connectivity index (χ0v) is 12.0. The van der Waals surface area contributed by atoms with Crippen molar-refractivity contribution >= 4 is 34.6 Å². The van der Waals surface area contributed by atoms with Gasteiger partial charge in [-0.25, -0.2) is 4.79 Å². The molecule has 20 heavy (non-hydrogen) atoms. The van der Waals surface area contributed by atoms with Crippen LogP contribution in [0.1, 0.15) is 21.5 Å². The zero-order chi connectivity index (χ0) is 14.9. The standard InChI is InChI=1S/C15H15ClN2O2/c1-8-3-9(2)5-11(4-8)18-14-12(15(19)20)6-10(17)7-13(14)16/h3-7,18H,17H2,1-2H3,(H,19,20). The molecule has 0 amide bonds.